The van der Waals surface area contributed by atoms with Crippen molar-refractivity contribution in [3.8, 4) is 0 Å². The van der Waals surface area contributed by atoms with Crippen molar-refractivity contribution in [2.24, 2.45) is 0 Å². The average Bonchev–Trinajstić information content (AvgIpc) is 2.46. The van der Waals surface area contributed by atoms with Crippen LogP contribution in [-0.4, -0.2) is 4.43 Å². The zero-order valence-corrected chi connectivity index (χ0v) is 13.6. The van der Waals surface area contributed by atoms with Gasteiger partial charge in [-0.1, -0.05) is 0 Å². The molecule has 2 heteroatoms. The molecule has 0 nitrogen and oxygen atoms in total. The maximum absolute atomic E-state index is 7.15. The zero-order chi connectivity index (χ0) is 12.8. The van der Waals surface area contributed by atoms with Gasteiger partial charge < -0.3 is 0 Å². The Kier molecular flexibility index (Phi) is 5.07. The molecule has 0 aliphatic rings. The fourth-order valence-corrected chi connectivity index (χ4v) is 10.7. The van der Waals surface area contributed by atoms with E-state index in [1.807, 2.05) is 0 Å². The Morgan fingerprint density at radius 1 is 0.833 bits per heavy atom. The van der Waals surface area contributed by atoms with E-state index >= 15 is 0 Å². The quantitative estimate of drug-likeness (QED) is 0.554. The topological polar surface area (TPSA) is 0 Å². The molecule has 0 heterocycles. The number of alkyl halides is 1. The van der Waals surface area contributed by atoms with Crippen molar-refractivity contribution in [3.05, 3.63) is 67.8 Å². The first-order valence-electron chi connectivity index (χ1n) is 6.32. The van der Waals surface area contributed by atoms with Gasteiger partial charge in [-0.25, -0.2) is 0 Å². The van der Waals surface area contributed by atoms with Crippen molar-refractivity contribution in [2.45, 2.75) is 19.8 Å². The van der Waals surface area contributed by atoms with E-state index in [9.17, 15) is 0 Å². The van der Waals surface area contributed by atoms with Crippen LogP contribution in [-0.2, 0) is 0 Å². The number of hydrogen-bond acceptors (Lipinski definition) is 0. The fraction of sp³-hybridized carbons (Fsp3) is 0.250. The Bertz CT molecular complexity index is 427. The van der Waals surface area contributed by atoms with Crippen LogP contribution in [0.2, 0.25) is 0 Å². The second-order valence-electron chi connectivity index (χ2n) is 4.24. The summed E-state index contributed by atoms with van der Waals surface area (Å²) in [4.78, 5) is 0. The third-order valence-corrected chi connectivity index (χ3v) is 13.7. The van der Waals surface area contributed by atoms with E-state index in [1.54, 1.807) is 0 Å². The molecule has 0 radical (unpaired) electrons. The van der Waals surface area contributed by atoms with E-state index in [4.69, 9.17) is 8.91 Å². The van der Waals surface area contributed by atoms with E-state index in [0.717, 1.165) is 4.43 Å². The van der Waals surface area contributed by atoms with Crippen molar-refractivity contribution in [1.29, 1.82) is 0 Å². The molecular formula is C16H19ClI-. The van der Waals surface area contributed by atoms with Gasteiger partial charge in [-0.05, 0) is 0 Å². The molecule has 0 aliphatic carbocycles. The van der Waals surface area contributed by atoms with E-state index in [2.05, 4.69) is 67.6 Å². The summed E-state index contributed by atoms with van der Waals surface area (Å²) < 4.78 is 3.88. The molecule has 18 heavy (non-hydrogen) atoms. The molecule has 2 rings (SSSR count). The van der Waals surface area contributed by atoms with Crippen LogP contribution < -0.4 is 17.3 Å². The van der Waals surface area contributed by atoms with Gasteiger partial charge >= 0.3 is 118 Å². The van der Waals surface area contributed by atoms with E-state index in [-0.39, 0.29) is 0 Å². The summed E-state index contributed by atoms with van der Waals surface area (Å²) in [6.45, 7) is 2.23. The van der Waals surface area contributed by atoms with Gasteiger partial charge in [0, 0.05) is 0 Å². The van der Waals surface area contributed by atoms with E-state index < -0.39 is 17.3 Å². The van der Waals surface area contributed by atoms with E-state index in [0.29, 0.717) is 0 Å². The van der Waals surface area contributed by atoms with Crippen LogP contribution >= 0.6 is 8.91 Å². The van der Waals surface area contributed by atoms with Crippen molar-refractivity contribution in [1.82, 2.24) is 0 Å². The third-order valence-electron chi connectivity index (χ3n) is 2.91. The summed E-state index contributed by atoms with van der Waals surface area (Å²) in [5.74, 6) is 0. The molecule has 0 N–H and O–H groups in total. The minimum atomic E-state index is -2.54. The number of unbranched alkanes of at least 4 members (excludes halogenated alkanes) is 1. The molecule has 0 bridgehead atoms. The Hall–Kier alpha value is -0.540. The predicted octanol–water partition coefficient (Wildman–Crippen LogP) is 1.84. The summed E-state index contributed by atoms with van der Waals surface area (Å²) >= 11 is -2.54. The molecule has 0 spiro atoms. The third kappa shape index (κ3) is 3.07. The molecule has 2 aromatic rings. The summed E-state index contributed by atoms with van der Waals surface area (Å²) in [6.07, 6.45) is 2.42. The van der Waals surface area contributed by atoms with Gasteiger partial charge in [0.15, 0.2) is 0 Å². The molecule has 0 unspecified atom stereocenters. The number of benzene rings is 2. The van der Waals surface area contributed by atoms with E-state index in [1.165, 1.54) is 20.0 Å². The van der Waals surface area contributed by atoms with Crippen LogP contribution in [0.1, 0.15) is 19.8 Å². The molecule has 0 aromatic heterocycles. The molecule has 0 amide bonds. The van der Waals surface area contributed by atoms with Gasteiger partial charge in [0.05, 0.1) is 0 Å². The van der Waals surface area contributed by atoms with Crippen LogP contribution in [0.15, 0.2) is 60.7 Å². The van der Waals surface area contributed by atoms with Gasteiger partial charge in [-0.3, -0.25) is 0 Å². The molecule has 0 aliphatic heterocycles. The molecule has 2 aromatic carbocycles. The van der Waals surface area contributed by atoms with Crippen molar-refractivity contribution in [2.75, 3.05) is 4.43 Å². The van der Waals surface area contributed by atoms with Gasteiger partial charge in [0.1, 0.15) is 0 Å². The SMILES string of the molecule is CCCC[I-](Cl)(c1ccccc1)c1ccccc1. The molecule has 0 fully saturated rings. The van der Waals surface area contributed by atoms with Crippen LogP contribution in [0, 0.1) is 7.14 Å². The summed E-state index contributed by atoms with van der Waals surface area (Å²) in [5, 5.41) is 0. The minimum absolute atomic E-state index is 1.15. The number of rotatable bonds is 5. The van der Waals surface area contributed by atoms with Gasteiger partial charge in [-0.2, -0.15) is 0 Å². The second kappa shape index (κ2) is 6.58. The molecule has 0 atom stereocenters. The van der Waals surface area contributed by atoms with Crippen molar-refractivity contribution < 1.29 is 17.3 Å². The molecular weight excluding hydrogens is 355 g/mol. The predicted molar refractivity (Wildman–Crippen MR) is 75.9 cm³/mol. The van der Waals surface area contributed by atoms with Gasteiger partial charge in [0.25, 0.3) is 0 Å². The number of hydrogen-bond donors (Lipinski definition) is 0. The molecule has 0 saturated carbocycles. The van der Waals surface area contributed by atoms with Crippen molar-refractivity contribution in [3.63, 3.8) is 0 Å². The Labute approximate surface area is 118 Å². The molecule has 98 valence electrons. The van der Waals surface area contributed by atoms with Gasteiger partial charge in [-0.15, -0.1) is 0 Å². The summed E-state index contributed by atoms with van der Waals surface area (Å²) in [6, 6.07) is 21.3. The summed E-state index contributed by atoms with van der Waals surface area (Å²) in [7, 11) is 7.15. The zero-order valence-electron chi connectivity index (χ0n) is 10.7. The van der Waals surface area contributed by atoms with Gasteiger partial charge in [0.2, 0.25) is 0 Å². The Balaban J connectivity index is 2.41. The Morgan fingerprint density at radius 3 is 1.67 bits per heavy atom. The number of halogens is 2. The standard InChI is InChI=1S/C16H19ClI/c1-2-3-14-18(17,15-10-6-4-7-11-15)16-12-8-5-9-13-16/h4-13H,2-3,14H2,1H3/q-1. The normalized spacial score (nSPS) is 12.3. The first-order chi connectivity index (χ1) is 8.77. The molecule has 0 saturated heterocycles. The van der Waals surface area contributed by atoms with Crippen LogP contribution in [0.3, 0.4) is 0 Å². The first kappa shape index (κ1) is 13.9. The average molecular weight is 374 g/mol. The van der Waals surface area contributed by atoms with Crippen LogP contribution in [0.25, 0.3) is 0 Å². The fourth-order valence-electron chi connectivity index (χ4n) is 1.89. The first-order valence-corrected chi connectivity index (χ1v) is 12.7. The van der Waals surface area contributed by atoms with Crippen LogP contribution in [0.4, 0.5) is 0 Å². The van der Waals surface area contributed by atoms with Crippen LogP contribution in [0.5, 0.6) is 0 Å². The van der Waals surface area contributed by atoms with Crippen molar-refractivity contribution >= 4 is 8.91 Å². The monoisotopic (exact) mass is 373 g/mol. The Morgan fingerprint density at radius 2 is 1.28 bits per heavy atom. The summed E-state index contributed by atoms with van der Waals surface area (Å²) in [5.41, 5.74) is 0. The second-order valence-corrected chi connectivity index (χ2v) is 14.5. The maximum atomic E-state index is 7.15.